The van der Waals surface area contributed by atoms with Gasteiger partial charge in [0.2, 0.25) is 0 Å². The van der Waals surface area contributed by atoms with Crippen LogP contribution < -0.4 is 5.32 Å². The lowest BCUT2D eigenvalue weighted by molar-refractivity contribution is -0.119. The number of carbonyl (C=O) groups is 1. The summed E-state index contributed by atoms with van der Waals surface area (Å²) >= 11 is 0. The highest BCUT2D eigenvalue weighted by atomic mass is 33.1. The first-order chi connectivity index (χ1) is 13.0. The van der Waals surface area contributed by atoms with Gasteiger partial charge in [-0.25, -0.2) is 0 Å². The van der Waals surface area contributed by atoms with Crippen LogP contribution in [0, 0.1) is 5.92 Å². The fourth-order valence-corrected chi connectivity index (χ4v) is 3.82. The Morgan fingerprint density at radius 3 is 2.21 bits per heavy atom. The average Bonchev–Trinajstić information content (AvgIpc) is 2.61. The molecule has 0 rings (SSSR count). The SMILES string of the molecule is C.CC(C)/C=C/COCCCCC(=O)CCCCOCSSCCNC(C)C. The molecule has 0 radical (unpaired) electrons. The number of hydrogen-bond donors (Lipinski definition) is 1. The van der Waals surface area contributed by atoms with Gasteiger partial charge in [0.15, 0.2) is 0 Å². The van der Waals surface area contributed by atoms with E-state index in [9.17, 15) is 4.79 Å². The second-order valence-electron chi connectivity index (χ2n) is 7.27. The minimum Gasteiger partial charge on any atom is -0.377 e. The lowest BCUT2D eigenvalue weighted by Crippen LogP contribution is -2.24. The zero-order valence-corrected chi connectivity index (χ0v) is 19.5. The predicted octanol–water partition coefficient (Wildman–Crippen LogP) is 6.11. The summed E-state index contributed by atoms with van der Waals surface area (Å²) in [6.45, 7) is 11.8. The van der Waals surface area contributed by atoms with Crippen molar-refractivity contribution in [3.63, 3.8) is 0 Å². The minimum absolute atomic E-state index is 0. The van der Waals surface area contributed by atoms with Crippen LogP contribution in [0.3, 0.4) is 0 Å². The molecule has 0 aliphatic carbocycles. The molecule has 0 spiro atoms. The molecule has 0 saturated heterocycles. The Kier molecular flexibility index (Phi) is 25.1. The van der Waals surface area contributed by atoms with Crippen LogP contribution in [0.15, 0.2) is 12.2 Å². The Hall–Kier alpha value is -0.0100. The maximum Gasteiger partial charge on any atom is 0.132 e. The van der Waals surface area contributed by atoms with E-state index in [2.05, 4.69) is 45.2 Å². The third kappa shape index (κ3) is 26.0. The predicted molar refractivity (Wildman–Crippen MR) is 128 cm³/mol. The Morgan fingerprint density at radius 2 is 1.61 bits per heavy atom. The van der Waals surface area contributed by atoms with Gasteiger partial charge in [-0.3, -0.25) is 4.79 Å². The molecule has 0 aliphatic heterocycles. The van der Waals surface area contributed by atoms with Gasteiger partial charge in [-0.1, -0.05) is 68.9 Å². The summed E-state index contributed by atoms with van der Waals surface area (Å²) in [6.07, 6.45) is 9.39. The van der Waals surface area contributed by atoms with Crippen LogP contribution in [0.5, 0.6) is 0 Å². The first-order valence-corrected chi connectivity index (χ1v) is 12.8. The van der Waals surface area contributed by atoms with E-state index in [4.69, 9.17) is 9.47 Å². The maximum atomic E-state index is 11.8. The fourth-order valence-electron chi connectivity index (χ4n) is 2.23. The minimum atomic E-state index is 0. The van der Waals surface area contributed by atoms with Crippen molar-refractivity contribution in [3.8, 4) is 0 Å². The quantitative estimate of drug-likeness (QED) is 0.108. The van der Waals surface area contributed by atoms with Crippen molar-refractivity contribution in [2.24, 2.45) is 5.92 Å². The van der Waals surface area contributed by atoms with Crippen LogP contribution in [0.2, 0.25) is 0 Å². The van der Waals surface area contributed by atoms with Crippen molar-refractivity contribution >= 4 is 27.4 Å². The molecule has 1 N–H and O–H groups in total. The third-order valence-electron chi connectivity index (χ3n) is 3.68. The molecule has 0 aromatic carbocycles. The summed E-state index contributed by atoms with van der Waals surface area (Å²) < 4.78 is 11.1. The Morgan fingerprint density at radius 1 is 0.964 bits per heavy atom. The summed E-state index contributed by atoms with van der Waals surface area (Å²) in [5.74, 6) is 2.77. The molecule has 168 valence electrons. The molecular weight excluding hydrogens is 390 g/mol. The van der Waals surface area contributed by atoms with Crippen molar-refractivity contribution in [1.82, 2.24) is 5.32 Å². The highest BCUT2D eigenvalue weighted by Gasteiger charge is 2.02. The fraction of sp³-hybridized carbons (Fsp3) is 0.864. The van der Waals surface area contributed by atoms with Gasteiger partial charge in [0, 0.05) is 44.4 Å². The van der Waals surface area contributed by atoms with E-state index in [1.165, 1.54) is 0 Å². The van der Waals surface area contributed by atoms with Crippen LogP contribution in [0.25, 0.3) is 0 Å². The van der Waals surface area contributed by atoms with E-state index < -0.39 is 0 Å². The van der Waals surface area contributed by atoms with E-state index in [1.54, 1.807) is 10.8 Å². The molecule has 0 heterocycles. The van der Waals surface area contributed by atoms with Crippen molar-refractivity contribution in [3.05, 3.63) is 12.2 Å². The summed E-state index contributed by atoms with van der Waals surface area (Å²) in [6, 6.07) is 0.555. The van der Waals surface area contributed by atoms with Gasteiger partial charge in [0.05, 0.1) is 6.61 Å². The van der Waals surface area contributed by atoms with Crippen LogP contribution in [0.4, 0.5) is 0 Å². The number of ketones is 1. The summed E-state index contributed by atoms with van der Waals surface area (Å²) in [5, 5.41) is 3.39. The van der Waals surface area contributed by atoms with Crippen molar-refractivity contribution in [2.45, 2.75) is 79.7 Å². The van der Waals surface area contributed by atoms with Crippen LogP contribution in [-0.2, 0) is 14.3 Å². The number of nitrogens with one attached hydrogen (secondary N) is 1. The zero-order chi connectivity index (χ0) is 20.2. The van der Waals surface area contributed by atoms with Gasteiger partial charge in [0.25, 0.3) is 0 Å². The molecule has 6 heteroatoms. The number of ether oxygens (including phenoxy) is 2. The second-order valence-corrected chi connectivity index (χ2v) is 9.80. The lowest BCUT2D eigenvalue weighted by atomic mass is 10.1. The molecule has 28 heavy (non-hydrogen) atoms. The molecule has 4 nitrogen and oxygen atoms in total. The Bertz CT molecular complexity index is 364. The van der Waals surface area contributed by atoms with Gasteiger partial charge in [-0.15, -0.1) is 0 Å². The van der Waals surface area contributed by atoms with Crippen LogP contribution in [0.1, 0.15) is 73.6 Å². The van der Waals surface area contributed by atoms with Crippen molar-refractivity contribution in [1.29, 1.82) is 0 Å². The summed E-state index contributed by atoms with van der Waals surface area (Å²) in [4.78, 5) is 11.8. The highest BCUT2D eigenvalue weighted by molar-refractivity contribution is 8.76. The lowest BCUT2D eigenvalue weighted by Gasteiger charge is -2.07. The van der Waals surface area contributed by atoms with E-state index in [0.717, 1.165) is 57.1 Å². The molecule has 0 saturated carbocycles. The Labute approximate surface area is 182 Å². The number of rotatable bonds is 20. The van der Waals surface area contributed by atoms with E-state index in [1.807, 2.05) is 10.8 Å². The summed E-state index contributed by atoms with van der Waals surface area (Å²) in [7, 11) is 3.61. The van der Waals surface area contributed by atoms with Crippen LogP contribution in [-0.4, -0.2) is 49.9 Å². The van der Waals surface area contributed by atoms with Gasteiger partial charge >= 0.3 is 0 Å². The topological polar surface area (TPSA) is 47.6 Å². The molecule has 0 aromatic rings. The van der Waals surface area contributed by atoms with E-state index >= 15 is 0 Å². The molecule has 0 bridgehead atoms. The number of hydrogen-bond acceptors (Lipinski definition) is 6. The molecule has 0 aromatic heterocycles. The molecule has 0 atom stereocenters. The number of unbranched alkanes of at least 4 members (excludes halogenated alkanes) is 2. The van der Waals surface area contributed by atoms with E-state index in [0.29, 0.717) is 37.2 Å². The third-order valence-corrected chi connectivity index (χ3v) is 5.77. The highest BCUT2D eigenvalue weighted by Crippen LogP contribution is 2.20. The summed E-state index contributed by atoms with van der Waals surface area (Å²) in [5.41, 5.74) is 0. The van der Waals surface area contributed by atoms with Crippen LogP contribution >= 0.6 is 21.6 Å². The second kappa shape index (κ2) is 23.3. The normalized spacial score (nSPS) is 11.5. The van der Waals surface area contributed by atoms with Gasteiger partial charge < -0.3 is 14.8 Å². The van der Waals surface area contributed by atoms with E-state index in [-0.39, 0.29) is 7.43 Å². The zero-order valence-electron chi connectivity index (χ0n) is 17.8. The average molecular weight is 436 g/mol. The maximum absolute atomic E-state index is 11.8. The number of carbonyl (C=O) groups excluding carboxylic acids is 1. The van der Waals surface area contributed by atoms with Gasteiger partial charge in [0.1, 0.15) is 11.7 Å². The molecule has 0 aliphatic rings. The largest absolute Gasteiger partial charge is 0.377 e. The molecule has 0 unspecified atom stereocenters. The van der Waals surface area contributed by atoms with Crippen molar-refractivity contribution < 1.29 is 14.3 Å². The first-order valence-electron chi connectivity index (χ1n) is 10.3. The standard InChI is InChI=1S/C21H41NO3S2.CH4/c1-19(2)10-9-16-24-14-7-5-11-21(23)12-6-8-15-25-18-27-26-17-13-22-20(3)4;/h9-10,19-20,22H,5-8,11-18H2,1-4H3;1H4/b10-9+;. The number of allylic oxidation sites excluding steroid dienone is 1. The molecule has 0 fully saturated rings. The smallest absolute Gasteiger partial charge is 0.132 e. The Balaban J connectivity index is 0. The van der Waals surface area contributed by atoms with Gasteiger partial charge in [-0.2, -0.15) is 0 Å². The van der Waals surface area contributed by atoms with Gasteiger partial charge in [-0.05, 0) is 31.6 Å². The first kappa shape index (κ1) is 30.2. The van der Waals surface area contributed by atoms with Crippen molar-refractivity contribution in [2.75, 3.05) is 38.1 Å². The number of Topliss-reactive ketones (excluding diaryl/α,β-unsaturated/α-hetero) is 1. The molecular formula is C22H45NO3S2. The molecule has 0 amide bonds. The monoisotopic (exact) mass is 435 g/mol.